The van der Waals surface area contributed by atoms with Crippen molar-refractivity contribution in [1.82, 2.24) is 0 Å². The van der Waals surface area contributed by atoms with Crippen LogP contribution >= 0.6 is 0 Å². The van der Waals surface area contributed by atoms with Gasteiger partial charge < -0.3 is 5.73 Å². The van der Waals surface area contributed by atoms with E-state index in [9.17, 15) is 0 Å². The second-order valence-corrected chi connectivity index (χ2v) is 2.83. The minimum absolute atomic E-state index is 0.653. The van der Waals surface area contributed by atoms with E-state index in [1.165, 1.54) is 25.7 Å². The molecule has 0 aromatic heterocycles. The fourth-order valence-electron chi connectivity index (χ4n) is 0.924. The van der Waals surface area contributed by atoms with Crippen LogP contribution in [0.25, 0.3) is 0 Å². The van der Waals surface area contributed by atoms with Gasteiger partial charge in [-0.05, 0) is 18.9 Å². The lowest BCUT2D eigenvalue weighted by atomic mass is 10.1. The minimum Gasteiger partial charge on any atom is -0.399 e. The van der Waals surface area contributed by atoms with Gasteiger partial charge in [-0.2, -0.15) is 0 Å². The topological polar surface area (TPSA) is 26.0 Å². The van der Waals surface area contributed by atoms with Crippen LogP contribution in [0.3, 0.4) is 0 Å². The van der Waals surface area contributed by atoms with Crippen LogP contribution in [0.15, 0.2) is 24.4 Å². The van der Waals surface area contributed by atoms with E-state index in [4.69, 9.17) is 5.73 Å². The molecule has 0 amide bonds. The van der Waals surface area contributed by atoms with E-state index in [-0.39, 0.29) is 0 Å². The summed E-state index contributed by atoms with van der Waals surface area (Å²) in [6.07, 6.45) is 10.4. The van der Waals surface area contributed by atoms with Crippen molar-refractivity contribution in [2.24, 2.45) is 5.73 Å². The molecule has 0 rings (SSSR count). The van der Waals surface area contributed by atoms with E-state index < -0.39 is 0 Å². The molecule has 0 radical (unpaired) electrons. The Bertz CT molecular complexity index is 125. The zero-order chi connectivity index (χ0) is 8.53. The number of nitrogens with two attached hydrogens (primary N) is 1. The van der Waals surface area contributed by atoms with Crippen LogP contribution in [0.2, 0.25) is 0 Å². The van der Waals surface area contributed by atoms with Gasteiger partial charge in [0.25, 0.3) is 0 Å². The Labute approximate surface area is 70.0 Å². The third-order valence-electron chi connectivity index (χ3n) is 1.56. The van der Waals surface area contributed by atoms with E-state index in [2.05, 4.69) is 19.6 Å². The van der Waals surface area contributed by atoms with Gasteiger partial charge in [-0.25, -0.2) is 0 Å². The van der Waals surface area contributed by atoms with Crippen molar-refractivity contribution in [1.29, 1.82) is 0 Å². The van der Waals surface area contributed by atoms with Crippen LogP contribution < -0.4 is 5.73 Å². The second-order valence-electron chi connectivity index (χ2n) is 2.83. The van der Waals surface area contributed by atoms with E-state index >= 15 is 0 Å². The average Bonchev–Trinajstić information content (AvgIpc) is 1.96. The van der Waals surface area contributed by atoms with Gasteiger partial charge in [0.2, 0.25) is 0 Å². The van der Waals surface area contributed by atoms with Gasteiger partial charge in [0.05, 0.1) is 0 Å². The lowest BCUT2D eigenvalue weighted by Crippen LogP contribution is -1.88. The summed E-state index contributed by atoms with van der Waals surface area (Å²) in [5, 5.41) is 0. The molecule has 0 fully saturated rings. The standard InChI is InChI=1S/C10H19N/c1-3-4-5-6-7-8-9-10(2)11/h8-9H,2-7,11H2,1H3/b9-8-. The predicted molar refractivity (Wildman–Crippen MR) is 51.2 cm³/mol. The molecule has 0 aliphatic rings. The van der Waals surface area contributed by atoms with Crippen molar-refractivity contribution in [3.8, 4) is 0 Å². The Morgan fingerprint density at radius 2 is 2.09 bits per heavy atom. The lowest BCUT2D eigenvalue weighted by molar-refractivity contribution is 0.674. The third-order valence-corrected chi connectivity index (χ3v) is 1.56. The first-order valence-corrected chi connectivity index (χ1v) is 4.38. The van der Waals surface area contributed by atoms with Crippen LogP contribution in [-0.2, 0) is 0 Å². The maximum atomic E-state index is 5.35. The molecule has 64 valence electrons. The highest BCUT2D eigenvalue weighted by Gasteiger charge is 1.83. The monoisotopic (exact) mass is 153 g/mol. The minimum atomic E-state index is 0.653. The predicted octanol–water partition coefficient (Wildman–Crippen LogP) is 2.99. The number of hydrogen-bond donors (Lipinski definition) is 1. The molecule has 0 aromatic carbocycles. The molecule has 1 nitrogen and oxygen atoms in total. The highest BCUT2D eigenvalue weighted by atomic mass is 14.5. The first-order chi connectivity index (χ1) is 5.27. The van der Waals surface area contributed by atoms with E-state index in [0.29, 0.717) is 5.70 Å². The Hall–Kier alpha value is -0.720. The van der Waals surface area contributed by atoms with Gasteiger partial charge in [0, 0.05) is 5.70 Å². The first-order valence-electron chi connectivity index (χ1n) is 4.38. The second kappa shape index (κ2) is 7.39. The zero-order valence-electron chi connectivity index (χ0n) is 7.47. The molecule has 0 heterocycles. The molecular weight excluding hydrogens is 134 g/mol. The highest BCUT2D eigenvalue weighted by Crippen LogP contribution is 2.02. The first kappa shape index (κ1) is 10.3. The summed E-state index contributed by atoms with van der Waals surface area (Å²) >= 11 is 0. The number of allylic oxidation sites excluding steroid dienone is 2. The van der Waals surface area contributed by atoms with Crippen molar-refractivity contribution in [2.45, 2.75) is 39.0 Å². The van der Waals surface area contributed by atoms with Gasteiger partial charge in [-0.3, -0.25) is 0 Å². The molecule has 0 aromatic rings. The Balaban J connectivity index is 3.07. The van der Waals surface area contributed by atoms with Crippen molar-refractivity contribution in [3.05, 3.63) is 24.4 Å². The maximum Gasteiger partial charge on any atom is 0.0237 e. The molecule has 0 atom stereocenters. The van der Waals surface area contributed by atoms with Crippen molar-refractivity contribution >= 4 is 0 Å². The molecule has 0 saturated carbocycles. The fourth-order valence-corrected chi connectivity index (χ4v) is 0.924. The highest BCUT2D eigenvalue weighted by molar-refractivity contribution is 5.09. The largest absolute Gasteiger partial charge is 0.399 e. The summed E-state index contributed by atoms with van der Waals surface area (Å²) in [4.78, 5) is 0. The average molecular weight is 153 g/mol. The van der Waals surface area contributed by atoms with Gasteiger partial charge in [-0.1, -0.05) is 38.8 Å². The van der Waals surface area contributed by atoms with Crippen LogP contribution in [0.1, 0.15) is 39.0 Å². The molecule has 2 N–H and O–H groups in total. The fraction of sp³-hybridized carbons (Fsp3) is 0.600. The van der Waals surface area contributed by atoms with Gasteiger partial charge >= 0.3 is 0 Å². The molecule has 0 unspecified atom stereocenters. The summed E-state index contributed by atoms with van der Waals surface area (Å²) in [6.45, 7) is 5.80. The summed E-state index contributed by atoms with van der Waals surface area (Å²) in [7, 11) is 0. The summed E-state index contributed by atoms with van der Waals surface area (Å²) < 4.78 is 0. The zero-order valence-corrected chi connectivity index (χ0v) is 7.47. The lowest BCUT2D eigenvalue weighted by Gasteiger charge is -1.93. The molecule has 0 aliphatic heterocycles. The molecule has 0 bridgehead atoms. The van der Waals surface area contributed by atoms with Crippen LogP contribution in [0.4, 0.5) is 0 Å². The Morgan fingerprint density at radius 1 is 1.36 bits per heavy atom. The Kier molecular flexibility index (Phi) is 6.90. The number of unbranched alkanes of at least 4 members (excludes halogenated alkanes) is 4. The van der Waals surface area contributed by atoms with Gasteiger partial charge in [0.15, 0.2) is 0 Å². The number of hydrogen-bond acceptors (Lipinski definition) is 1. The Morgan fingerprint density at radius 3 is 2.64 bits per heavy atom. The van der Waals surface area contributed by atoms with Crippen LogP contribution in [0.5, 0.6) is 0 Å². The number of rotatable bonds is 6. The summed E-state index contributed by atoms with van der Waals surface area (Å²) in [5.74, 6) is 0. The molecule has 0 aliphatic carbocycles. The SMILES string of the molecule is C=C(N)/C=C\CCCCCC. The van der Waals surface area contributed by atoms with Crippen molar-refractivity contribution < 1.29 is 0 Å². The van der Waals surface area contributed by atoms with E-state index in [1.54, 1.807) is 0 Å². The normalized spacial score (nSPS) is 10.6. The van der Waals surface area contributed by atoms with Gasteiger partial charge in [0.1, 0.15) is 0 Å². The third kappa shape index (κ3) is 9.28. The van der Waals surface area contributed by atoms with E-state index in [0.717, 1.165) is 6.42 Å². The van der Waals surface area contributed by atoms with Crippen molar-refractivity contribution in [3.63, 3.8) is 0 Å². The summed E-state index contributed by atoms with van der Waals surface area (Å²) in [6, 6.07) is 0. The molecule has 1 heteroatoms. The van der Waals surface area contributed by atoms with Crippen molar-refractivity contribution in [2.75, 3.05) is 0 Å². The van der Waals surface area contributed by atoms with Gasteiger partial charge in [-0.15, -0.1) is 0 Å². The quantitative estimate of drug-likeness (QED) is 0.460. The smallest absolute Gasteiger partial charge is 0.0237 e. The summed E-state index contributed by atoms with van der Waals surface area (Å²) in [5.41, 5.74) is 6.01. The molecule has 0 saturated heterocycles. The molecule has 0 spiro atoms. The van der Waals surface area contributed by atoms with E-state index in [1.807, 2.05) is 6.08 Å². The maximum absolute atomic E-state index is 5.35. The molecule has 11 heavy (non-hydrogen) atoms. The van der Waals surface area contributed by atoms with Crippen LogP contribution in [-0.4, -0.2) is 0 Å². The van der Waals surface area contributed by atoms with Crippen LogP contribution in [0, 0.1) is 0 Å². The molecular formula is C10H19N.